The highest BCUT2D eigenvalue weighted by Gasteiger charge is 2.29. The minimum Gasteiger partial charge on any atom is -0.350 e. The third-order valence-electron chi connectivity index (χ3n) is 3.96. The molecule has 6 nitrogen and oxygen atoms in total. The monoisotopic (exact) mass is 263 g/mol. The quantitative estimate of drug-likeness (QED) is 0.784. The summed E-state index contributed by atoms with van der Waals surface area (Å²) in [5.41, 5.74) is 5.81. The molecule has 3 N–H and O–H groups in total. The van der Waals surface area contributed by atoms with E-state index in [0.717, 1.165) is 44.1 Å². The molecule has 1 unspecified atom stereocenters. The van der Waals surface area contributed by atoms with Crippen molar-refractivity contribution in [2.24, 2.45) is 5.73 Å². The molecule has 1 aliphatic heterocycles. The van der Waals surface area contributed by atoms with Gasteiger partial charge in [-0.25, -0.2) is 4.98 Å². The van der Waals surface area contributed by atoms with Crippen molar-refractivity contribution >= 4 is 5.82 Å². The van der Waals surface area contributed by atoms with Gasteiger partial charge in [-0.3, -0.25) is 4.79 Å². The molecule has 1 atom stereocenters. The minimum atomic E-state index is -0.0541. The number of aromatic amines is 1. The number of nitrogens with zero attached hydrogens (tertiary/aromatic N) is 3. The number of nitrogens with two attached hydrogens (primary N) is 1. The lowest BCUT2D eigenvalue weighted by atomic mass is 10.1. The number of piperazine rings is 1. The van der Waals surface area contributed by atoms with Gasteiger partial charge in [-0.1, -0.05) is 0 Å². The Morgan fingerprint density at radius 1 is 1.47 bits per heavy atom. The van der Waals surface area contributed by atoms with Crippen LogP contribution in [0, 0.1) is 0 Å². The molecular weight excluding hydrogens is 242 g/mol. The molecule has 6 heteroatoms. The predicted octanol–water partition coefficient (Wildman–Crippen LogP) is -0.274. The molecule has 1 aromatic heterocycles. The van der Waals surface area contributed by atoms with Crippen LogP contribution in [0.3, 0.4) is 0 Å². The first kappa shape index (κ1) is 12.6. The number of aromatic nitrogens is 2. The first-order valence-corrected chi connectivity index (χ1v) is 6.94. The number of hydrogen-bond acceptors (Lipinski definition) is 5. The van der Waals surface area contributed by atoms with E-state index in [2.05, 4.69) is 26.8 Å². The molecule has 0 bridgehead atoms. The number of likely N-dealkylation sites (N-methyl/N-ethyl adjacent to an activating group) is 1. The van der Waals surface area contributed by atoms with Crippen molar-refractivity contribution in [3.8, 4) is 0 Å². The van der Waals surface area contributed by atoms with Crippen LogP contribution in [-0.4, -0.2) is 54.1 Å². The predicted molar refractivity (Wildman–Crippen MR) is 74.5 cm³/mol. The average Bonchev–Trinajstić information content (AvgIpc) is 3.22. The van der Waals surface area contributed by atoms with Crippen molar-refractivity contribution in [2.45, 2.75) is 24.8 Å². The maximum atomic E-state index is 11.8. The molecule has 2 heterocycles. The van der Waals surface area contributed by atoms with E-state index in [4.69, 9.17) is 5.73 Å². The molecule has 0 radical (unpaired) electrons. The van der Waals surface area contributed by atoms with Crippen LogP contribution in [-0.2, 0) is 0 Å². The van der Waals surface area contributed by atoms with Crippen LogP contribution >= 0.6 is 0 Å². The molecule has 1 aromatic rings. The van der Waals surface area contributed by atoms with Crippen LogP contribution in [0.2, 0.25) is 0 Å². The Balaban J connectivity index is 1.89. The van der Waals surface area contributed by atoms with E-state index in [1.54, 1.807) is 6.07 Å². The summed E-state index contributed by atoms with van der Waals surface area (Å²) in [4.78, 5) is 23.7. The van der Waals surface area contributed by atoms with Crippen molar-refractivity contribution in [3.63, 3.8) is 0 Å². The van der Waals surface area contributed by atoms with Crippen LogP contribution in [0.1, 0.15) is 24.6 Å². The highest BCUT2D eigenvalue weighted by molar-refractivity contribution is 5.40. The zero-order chi connectivity index (χ0) is 13.4. The number of anilines is 1. The Morgan fingerprint density at radius 3 is 2.95 bits per heavy atom. The molecule has 1 saturated heterocycles. The fraction of sp³-hybridized carbons (Fsp3) is 0.692. The minimum absolute atomic E-state index is 0.0541. The molecule has 1 saturated carbocycles. The fourth-order valence-electron chi connectivity index (χ4n) is 2.67. The summed E-state index contributed by atoms with van der Waals surface area (Å²) in [5.74, 6) is 2.09. The first-order valence-electron chi connectivity index (χ1n) is 6.94. The Labute approximate surface area is 112 Å². The lowest BCUT2D eigenvalue weighted by molar-refractivity contribution is 0.268. The highest BCUT2D eigenvalue weighted by Crippen LogP contribution is 2.38. The van der Waals surface area contributed by atoms with E-state index < -0.39 is 0 Å². The third kappa shape index (κ3) is 2.64. The summed E-state index contributed by atoms with van der Waals surface area (Å²) in [6.07, 6.45) is 2.27. The lowest BCUT2D eigenvalue weighted by Gasteiger charge is -2.40. The van der Waals surface area contributed by atoms with Gasteiger partial charge in [0.15, 0.2) is 0 Å². The molecule has 3 rings (SSSR count). The molecule has 0 aromatic carbocycles. The topological polar surface area (TPSA) is 78.2 Å². The molecule has 104 valence electrons. The van der Waals surface area contributed by atoms with Crippen LogP contribution < -0.4 is 16.2 Å². The van der Waals surface area contributed by atoms with E-state index in [1.807, 2.05) is 0 Å². The van der Waals surface area contributed by atoms with Gasteiger partial charge in [-0.05, 0) is 19.9 Å². The number of nitrogens with one attached hydrogen (secondary N) is 1. The van der Waals surface area contributed by atoms with Gasteiger partial charge in [0, 0.05) is 38.2 Å². The number of rotatable bonds is 3. The first-order chi connectivity index (χ1) is 9.17. The van der Waals surface area contributed by atoms with Gasteiger partial charge in [-0.2, -0.15) is 0 Å². The zero-order valence-electron chi connectivity index (χ0n) is 11.3. The molecule has 0 amide bonds. The van der Waals surface area contributed by atoms with Crippen molar-refractivity contribution in [2.75, 3.05) is 38.1 Å². The van der Waals surface area contributed by atoms with Gasteiger partial charge in [0.2, 0.25) is 0 Å². The SMILES string of the molecule is CN1CCN(c2cc(=O)[nH]c(C3CC3)n2)C(CN)C1. The second-order valence-corrected chi connectivity index (χ2v) is 5.61. The van der Waals surface area contributed by atoms with Gasteiger partial charge in [0.05, 0.1) is 6.04 Å². The Kier molecular flexibility index (Phi) is 3.28. The Bertz CT molecular complexity index is 510. The van der Waals surface area contributed by atoms with Gasteiger partial charge in [0.1, 0.15) is 11.6 Å². The molecule has 0 spiro atoms. The third-order valence-corrected chi connectivity index (χ3v) is 3.96. The van der Waals surface area contributed by atoms with Gasteiger partial charge >= 0.3 is 0 Å². The smallest absolute Gasteiger partial charge is 0.252 e. The molecule has 19 heavy (non-hydrogen) atoms. The summed E-state index contributed by atoms with van der Waals surface area (Å²) < 4.78 is 0. The summed E-state index contributed by atoms with van der Waals surface area (Å²) >= 11 is 0. The maximum absolute atomic E-state index is 11.8. The second-order valence-electron chi connectivity index (χ2n) is 5.61. The van der Waals surface area contributed by atoms with Gasteiger partial charge < -0.3 is 20.5 Å². The number of H-pyrrole nitrogens is 1. The molecule has 2 aliphatic rings. The summed E-state index contributed by atoms with van der Waals surface area (Å²) in [7, 11) is 2.10. The summed E-state index contributed by atoms with van der Waals surface area (Å²) in [6.45, 7) is 3.35. The largest absolute Gasteiger partial charge is 0.350 e. The van der Waals surface area contributed by atoms with Crippen molar-refractivity contribution in [1.82, 2.24) is 14.9 Å². The Morgan fingerprint density at radius 2 is 2.26 bits per heavy atom. The maximum Gasteiger partial charge on any atom is 0.252 e. The van der Waals surface area contributed by atoms with E-state index in [0.29, 0.717) is 12.5 Å². The van der Waals surface area contributed by atoms with Crippen molar-refractivity contribution < 1.29 is 0 Å². The second kappa shape index (κ2) is 4.94. The van der Waals surface area contributed by atoms with E-state index >= 15 is 0 Å². The van der Waals surface area contributed by atoms with Gasteiger partial charge in [-0.15, -0.1) is 0 Å². The highest BCUT2D eigenvalue weighted by atomic mass is 16.1. The van der Waals surface area contributed by atoms with E-state index in [1.165, 1.54) is 0 Å². The van der Waals surface area contributed by atoms with E-state index in [-0.39, 0.29) is 11.6 Å². The van der Waals surface area contributed by atoms with Crippen LogP contribution in [0.15, 0.2) is 10.9 Å². The average molecular weight is 263 g/mol. The molecular formula is C13H21N5O. The summed E-state index contributed by atoms with van der Waals surface area (Å²) in [6, 6.07) is 1.83. The van der Waals surface area contributed by atoms with Crippen LogP contribution in [0.25, 0.3) is 0 Å². The normalized spacial score (nSPS) is 24.7. The summed E-state index contributed by atoms with van der Waals surface area (Å²) in [5, 5.41) is 0. The van der Waals surface area contributed by atoms with Crippen molar-refractivity contribution in [1.29, 1.82) is 0 Å². The molecule has 2 fully saturated rings. The standard InChI is InChI=1S/C13H21N5O/c1-17-4-5-18(10(7-14)8-17)11-6-12(19)16-13(15-11)9-2-3-9/h6,9-10H,2-5,7-8,14H2,1H3,(H,15,16,19). The molecule has 1 aliphatic carbocycles. The Hall–Kier alpha value is -1.40. The zero-order valence-corrected chi connectivity index (χ0v) is 11.3. The van der Waals surface area contributed by atoms with Crippen LogP contribution in [0.5, 0.6) is 0 Å². The van der Waals surface area contributed by atoms with Gasteiger partial charge in [0.25, 0.3) is 5.56 Å². The fourth-order valence-corrected chi connectivity index (χ4v) is 2.67. The lowest BCUT2D eigenvalue weighted by Crippen LogP contribution is -2.55. The number of hydrogen-bond donors (Lipinski definition) is 2. The van der Waals surface area contributed by atoms with E-state index in [9.17, 15) is 4.79 Å². The van der Waals surface area contributed by atoms with Crippen molar-refractivity contribution in [3.05, 3.63) is 22.2 Å². The van der Waals surface area contributed by atoms with Crippen LogP contribution in [0.4, 0.5) is 5.82 Å².